The Morgan fingerprint density at radius 1 is 1.00 bits per heavy atom. The van der Waals surface area contributed by atoms with E-state index in [0.29, 0.717) is 0 Å². The van der Waals surface area contributed by atoms with Crippen LogP contribution in [-0.2, 0) is 0 Å². The number of unbranched alkanes of at least 4 members (excludes halogenated alkanes) is 1. The number of hydrogen-bond acceptors (Lipinski definition) is 0. The highest BCUT2D eigenvalue weighted by Crippen LogP contribution is 2.77. The molecule has 2 aliphatic carbocycles. The summed E-state index contributed by atoms with van der Waals surface area (Å²) in [6.07, 6.45) is 10.5. The van der Waals surface area contributed by atoms with Gasteiger partial charge in [-0.05, 0) is 42.9 Å². The molecule has 0 amide bonds. The molecular formula is C12H22. The predicted molar refractivity (Wildman–Crippen MR) is 53.1 cm³/mol. The lowest BCUT2D eigenvalue weighted by molar-refractivity contribution is 0.572. The average Bonchev–Trinajstić information content (AvgIpc) is 2.94. The Kier molecular flexibility index (Phi) is 2.18. The van der Waals surface area contributed by atoms with E-state index in [1.54, 1.807) is 19.3 Å². The molecule has 0 aromatic heterocycles. The molecule has 0 bridgehead atoms. The Balaban J connectivity index is 1.77. The summed E-state index contributed by atoms with van der Waals surface area (Å²) in [4.78, 5) is 0. The summed E-state index contributed by atoms with van der Waals surface area (Å²) in [7, 11) is 0. The van der Waals surface area contributed by atoms with Crippen molar-refractivity contribution in [1.29, 1.82) is 0 Å². The molecule has 0 aromatic rings. The summed E-state index contributed by atoms with van der Waals surface area (Å²) in [5, 5.41) is 0. The first-order valence-electron chi connectivity index (χ1n) is 5.85. The standard InChI is InChI=1S/C12H22/c1-3-5-7-11-10(6-4-2)12(11)8-9-12/h10-11H,3-9H2,1-2H3. The molecule has 2 atom stereocenters. The van der Waals surface area contributed by atoms with Gasteiger partial charge in [-0.3, -0.25) is 0 Å². The van der Waals surface area contributed by atoms with Gasteiger partial charge in [0.1, 0.15) is 0 Å². The van der Waals surface area contributed by atoms with Gasteiger partial charge < -0.3 is 0 Å². The highest BCUT2D eigenvalue weighted by atomic mass is 14.7. The van der Waals surface area contributed by atoms with Gasteiger partial charge in [0, 0.05) is 0 Å². The summed E-state index contributed by atoms with van der Waals surface area (Å²) in [5.74, 6) is 2.33. The van der Waals surface area contributed by atoms with Crippen LogP contribution >= 0.6 is 0 Å². The van der Waals surface area contributed by atoms with E-state index >= 15 is 0 Å². The Morgan fingerprint density at radius 3 is 2.17 bits per heavy atom. The summed E-state index contributed by atoms with van der Waals surface area (Å²) in [5.41, 5.74) is 0.936. The Morgan fingerprint density at radius 2 is 1.67 bits per heavy atom. The van der Waals surface area contributed by atoms with Crippen molar-refractivity contribution in [3.63, 3.8) is 0 Å². The van der Waals surface area contributed by atoms with Crippen molar-refractivity contribution in [2.45, 2.75) is 58.8 Å². The quantitative estimate of drug-likeness (QED) is 0.579. The molecule has 0 saturated heterocycles. The van der Waals surface area contributed by atoms with Crippen LogP contribution in [0.25, 0.3) is 0 Å². The first kappa shape index (κ1) is 8.59. The predicted octanol–water partition coefficient (Wildman–Crippen LogP) is 4.00. The first-order chi connectivity index (χ1) is 5.85. The SMILES string of the molecule is CCCCC1C(CCC)C12CC2. The van der Waals surface area contributed by atoms with Crippen molar-refractivity contribution >= 4 is 0 Å². The summed E-state index contributed by atoms with van der Waals surface area (Å²) in [6, 6.07) is 0. The smallest absolute Gasteiger partial charge is 0.0235 e. The van der Waals surface area contributed by atoms with Gasteiger partial charge in [0.2, 0.25) is 0 Å². The van der Waals surface area contributed by atoms with E-state index in [1.807, 2.05) is 0 Å². The lowest BCUT2D eigenvalue weighted by Gasteiger charge is -1.95. The van der Waals surface area contributed by atoms with Crippen LogP contribution in [0.2, 0.25) is 0 Å². The van der Waals surface area contributed by atoms with E-state index < -0.39 is 0 Å². The molecule has 2 aliphatic rings. The third kappa shape index (κ3) is 1.20. The van der Waals surface area contributed by atoms with Gasteiger partial charge in [-0.2, -0.15) is 0 Å². The number of hydrogen-bond donors (Lipinski definition) is 0. The monoisotopic (exact) mass is 166 g/mol. The van der Waals surface area contributed by atoms with Crippen LogP contribution in [0.3, 0.4) is 0 Å². The Labute approximate surface area is 76.7 Å². The fraction of sp³-hybridized carbons (Fsp3) is 1.00. The zero-order chi connectivity index (χ0) is 8.60. The molecule has 0 radical (unpaired) electrons. The zero-order valence-corrected chi connectivity index (χ0v) is 8.60. The molecule has 2 saturated carbocycles. The fourth-order valence-corrected chi connectivity index (χ4v) is 3.27. The van der Waals surface area contributed by atoms with Crippen molar-refractivity contribution in [2.75, 3.05) is 0 Å². The van der Waals surface area contributed by atoms with Gasteiger partial charge in [0.05, 0.1) is 0 Å². The van der Waals surface area contributed by atoms with Gasteiger partial charge in [0.25, 0.3) is 0 Å². The lowest BCUT2D eigenvalue weighted by Crippen LogP contribution is -1.82. The third-order valence-electron chi connectivity index (χ3n) is 4.15. The largest absolute Gasteiger partial charge is 0.0654 e. The van der Waals surface area contributed by atoms with Crippen molar-refractivity contribution < 1.29 is 0 Å². The van der Waals surface area contributed by atoms with E-state index in [1.165, 1.54) is 25.7 Å². The molecule has 12 heavy (non-hydrogen) atoms. The van der Waals surface area contributed by atoms with Crippen LogP contribution in [0.1, 0.15) is 58.8 Å². The van der Waals surface area contributed by atoms with Crippen molar-refractivity contribution in [3.05, 3.63) is 0 Å². The van der Waals surface area contributed by atoms with Gasteiger partial charge in [-0.15, -0.1) is 0 Å². The third-order valence-corrected chi connectivity index (χ3v) is 4.15. The molecule has 0 heteroatoms. The topological polar surface area (TPSA) is 0 Å². The van der Waals surface area contributed by atoms with E-state index in [-0.39, 0.29) is 0 Å². The molecule has 1 spiro atoms. The normalized spacial score (nSPS) is 35.5. The van der Waals surface area contributed by atoms with Crippen molar-refractivity contribution in [2.24, 2.45) is 17.3 Å². The molecule has 0 heterocycles. The van der Waals surface area contributed by atoms with Crippen LogP contribution in [0.5, 0.6) is 0 Å². The second kappa shape index (κ2) is 3.05. The minimum absolute atomic E-state index is 0.936. The Bertz CT molecular complexity index is 155. The second-order valence-electron chi connectivity index (χ2n) is 4.88. The second-order valence-corrected chi connectivity index (χ2v) is 4.88. The first-order valence-corrected chi connectivity index (χ1v) is 5.85. The highest BCUT2D eigenvalue weighted by Gasteiger charge is 2.69. The van der Waals surface area contributed by atoms with Crippen LogP contribution in [0.15, 0.2) is 0 Å². The van der Waals surface area contributed by atoms with Crippen LogP contribution < -0.4 is 0 Å². The maximum atomic E-state index is 2.34. The Hall–Kier alpha value is 0. The molecule has 0 nitrogen and oxygen atoms in total. The molecule has 70 valence electrons. The minimum Gasteiger partial charge on any atom is -0.0654 e. The molecule has 2 fully saturated rings. The minimum atomic E-state index is 0.936. The van der Waals surface area contributed by atoms with Gasteiger partial charge >= 0.3 is 0 Å². The van der Waals surface area contributed by atoms with E-state index in [0.717, 1.165) is 17.3 Å². The summed E-state index contributed by atoms with van der Waals surface area (Å²) >= 11 is 0. The molecule has 0 aliphatic heterocycles. The van der Waals surface area contributed by atoms with Crippen LogP contribution in [0, 0.1) is 17.3 Å². The fourth-order valence-electron chi connectivity index (χ4n) is 3.27. The highest BCUT2D eigenvalue weighted by molar-refractivity contribution is 5.18. The van der Waals surface area contributed by atoms with Crippen molar-refractivity contribution in [3.8, 4) is 0 Å². The average molecular weight is 166 g/mol. The summed E-state index contributed by atoms with van der Waals surface area (Å²) in [6.45, 7) is 4.65. The number of rotatable bonds is 5. The molecule has 0 N–H and O–H groups in total. The molecule has 2 rings (SSSR count). The van der Waals surface area contributed by atoms with E-state index in [2.05, 4.69) is 13.8 Å². The van der Waals surface area contributed by atoms with Crippen LogP contribution in [0.4, 0.5) is 0 Å². The molecule has 2 unspecified atom stereocenters. The van der Waals surface area contributed by atoms with E-state index in [4.69, 9.17) is 0 Å². The summed E-state index contributed by atoms with van der Waals surface area (Å²) < 4.78 is 0. The van der Waals surface area contributed by atoms with Crippen molar-refractivity contribution in [1.82, 2.24) is 0 Å². The maximum Gasteiger partial charge on any atom is -0.0235 e. The lowest BCUT2D eigenvalue weighted by atomic mass is 10.1. The molecule has 0 aromatic carbocycles. The van der Waals surface area contributed by atoms with Gasteiger partial charge in [0.15, 0.2) is 0 Å². The van der Waals surface area contributed by atoms with Gasteiger partial charge in [-0.1, -0.05) is 33.1 Å². The maximum absolute atomic E-state index is 2.34. The van der Waals surface area contributed by atoms with Crippen LogP contribution in [-0.4, -0.2) is 0 Å². The molecular weight excluding hydrogens is 144 g/mol. The van der Waals surface area contributed by atoms with Gasteiger partial charge in [-0.25, -0.2) is 0 Å². The zero-order valence-electron chi connectivity index (χ0n) is 8.60. The van der Waals surface area contributed by atoms with E-state index in [9.17, 15) is 0 Å².